The van der Waals surface area contributed by atoms with E-state index in [-0.39, 0.29) is 12.5 Å². The van der Waals surface area contributed by atoms with Crippen molar-refractivity contribution in [1.82, 2.24) is 5.32 Å². The summed E-state index contributed by atoms with van der Waals surface area (Å²) in [6, 6.07) is -0.828. The van der Waals surface area contributed by atoms with Crippen molar-refractivity contribution in [2.75, 3.05) is 19.8 Å². The quantitative estimate of drug-likeness (QED) is 0.0204. The summed E-state index contributed by atoms with van der Waals surface area (Å²) in [5, 5.41) is 87.9. The van der Waals surface area contributed by atoms with Crippen LogP contribution in [0.1, 0.15) is 386 Å². The number of hydrogen-bond donors (Lipinski definition) is 9. The van der Waals surface area contributed by atoms with E-state index in [0.717, 1.165) is 57.8 Å². The summed E-state index contributed by atoms with van der Waals surface area (Å²) >= 11 is 0. The van der Waals surface area contributed by atoms with Crippen LogP contribution in [0.15, 0.2) is 24.3 Å². The molecule has 0 spiro atoms. The standard InChI is InChI=1S/C80H153NO13/c1-3-5-7-9-11-13-15-17-19-21-23-25-27-29-31-32-33-34-35-36-38-40-42-44-46-48-50-52-54-56-58-60-62-64-72(85)81-68(67-91-79-77(90)75(88)78(71(66-83)93-79)94-80-76(89)74(87)73(86)70(65-82)92-80)69(84)63-61-59-57-55-53-51-49-47-45-43-41-39-37-30-28-26-24-22-20-18-16-14-12-10-8-6-4-2/h15,17,21,23,68-71,73-80,82-84,86-90H,3-14,16,18-20,22,24-67H2,1-2H3,(H,81,85)/b17-15-,23-21-. The molecule has 2 saturated heterocycles. The Morgan fingerprint density at radius 2 is 0.702 bits per heavy atom. The van der Waals surface area contributed by atoms with Crippen molar-refractivity contribution in [2.24, 2.45) is 0 Å². The van der Waals surface area contributed by atoms with Gasteiger partial charge < -0.3 is 65.1 Å². The molecule has 2 fully saturated rings. The van der Waals surface area contributed by atoms with Gasteiger partial charge in [-0.3, -0.25) is 4.79 Å². The average molecular weight is 1340 g/mol. The number of unbranched alkanes of at least 4 members (excludes halogenated alkanes) is 52. The molecule has 14 nitrogen and oxygen atoms in total. The van der Waals surface area contributed by atoms with E-state index in [2.05, 4.69) is 43.5 Å². The fraction of sp³-hybridized carbons (Fsp3) is 0.938. The zero-order chi connectivity index (χ0) is 68.0. The third kappa shape index (κ3) is 47.5. The summed E-state index contributed by atoms with van der Waals surface area (Å²) in [6.45, 7) is 2.92. The molecule has 2 heterocycles. The maximum absolute atomic E-state index is 13.4. The number of amides is 1. The average Bonchev–Trinajstić information content (AvgIpc) is 0.794. The van der Waals surface area contributed by atoms with Crippen molar-refractivity contribution >= 4 is 5.91 Å². The number of allylic oxidation sites excluding steroid dienone is 4. The highest BCUT2D eigenvalue weighted by molar-refractivity contribution is 5.76. The van der Waals surface area contributed by atoms with E-state index in [4.69, 9.17) is 18.9 Å². The molecular weight excluding hydrogens is 1180 g/mol. The van der Waals surface area contributed by atoms with Gasteiger partial charge in [0.2, 0.25) is 5.91 Å². The van der Waals surface area contributed by atoms with Crippen LogP contribution in [0.4, 0.5) is 0 Å². The first-order valence-corrected chi connectivity index (χ1v) is 40.6. The number of carbonyl (C=O) groups excluding carboxylic acids is 1. The predicted molar refractivity (Wildman–Crippen MR) is 388 cm³/mol. The molecule has 2 aliphatic rings. The molecule has 0 aromatic heterocycles. The Morgan fingerprint density at radius 3 is 1.06 bits per heavy atom. The second-order valence-electron chi connectivity index (χ2n) is 28.9. The fourth-order valence-electron chi connectivity index (χ4n) is 13.7. The molecule has 0 aliphatic carbocycles. The van der Waals surface area contributed by atoms with E-state index >= 15 is 0 Å². The molecule has 0 radical (unpaired) electrons. The van der Waals surface area contributed by atoms with Crippen LogP contribution >= 0.6 is 0 Å². The van der Waals surface area contributed by atoms with Crippen LogP contribution in [0.5, 0.6) is 0 Å². The van der Waals surface area contributed by atoms with E-state index in [1.807, 2.05) is 0 Å². The van der Waals surface area contributed by atoms with E-state index < -0.39 is 86.8 Å². The molecular formula is C80H153NO13. The Kier molecular flexibility index (Phi) is 61.1. The molecule has 0 aromatic rings. The Balaban J connectivity index is 1.60. The third-order valence-corrected chi connectivity index (χ3v) is 20.2. The minimum atomic E-state index is -1.78. The van der Waals surface area contributed by atoms with Crippen molar-refractivity contribution in [1.29, 1.82) is 0 Å². The maximum atomic E-state index is 13.4. The minimum absolute atomic E-state index is 0.197. The summed E-state index contributed by atoms with van der Waals surface area (Å²) in [5.41, 5.74) is 0. The van der Waals surface area contributed by atoms with Crippen LogP contribution in [0.2, 0.25) is 0 Å². The first kappa shape index (κ1) is 88.6. The monoisotopic (exact) mass is 1340 g/mol. The maximum Gasteiger partial charge on any atom is 0.220 e. The number of hydrogen-bond acceptors (Lipinski definition) is 13. The Morgan fingerprint density at radius 1 is 0.383 bits per heavy atom. The SMILES string of the molecule is CCCCCCC/C=C\C/C=C\CCCCCCCCCCCCCCCCCCCCCCCC(=O)NC(COC1OC(CO)C(OC2OC(CO)C(O)C(O)C2O)C(O)C1O)C(O)CCCCCCCCCCCCCCCCCCCCCCCCCCCCC. The van der Waals surface area contributed by atoms with Crippen LogP contribution < -0.4 is 5.32 Å². The van der Waals surface area contributed by atoms with Gasteiger partial charge in [-0.25, -0.2) is 0 Å². The number of aliphatic hydroxyl groups is 8. The lowest BCUT2D eigenvalue weighted by molar-refractivity contribution is -0.359. The van der Waals surface area contributed by atoms with Crippen LogP contribution in [0.25, 0.3) is 0 Å². The van der Waals surface area contributed by atoms with Gasteiger partial charge in [0.05, 0.1) is 32.0 Å². The van der Waals surface area contributed by atoms with Crippen LogP contribution in [-0.4, -0.2) is 140 Å². The summed E-state index contributed by atoms with van der Waals surface area (Å²) < 4.78 is 23.0. The first-order valence-electron chi connectivity index (χ1n) is 40.6. The number of ether oxygens (including phenoxy) is 4. The van der Waals surface area contributed by atoms with Crippen LogP contribution in [0, 0.1) is 0 Å². The fourth-order valence-corrected chi connectivity index (χ4v) is 13.7. The van der Waals surface area contributed by atoms with Crippen molar-refractivity contribution < 1.29 is 64.6 Å². The molecule has 2 aliphatic heterocycles. The lowest BCUT2D eigenvalue weighted by Crippen LogP contribution is -2.65. The second-order valence-corrected chi connectivity index (χ2v) is 28.9. The number of aliphatic hydroxyl groups excluding tert-OH is 8. The Labute approximate surface area is 577 Å². The summed E-state index contributed by atoms with van der Waals surface area (Å²) in [5.74, 6) is -0.197. The van der Waals surface area contributed by atoms with E-state index in [0.29, 0.717) is 12.8 Å². The molecule has 9 N–H and O–H groups in total. The summed E-state index contributed by atoms with van der Waals surface area (Å²) in [6.07, 6.45) is 66.5. The van der Waals surface area contributed by atoms with Gasteiger partial charge in [-0.15, -0.1) is 0 Å². The molecule has 0 bridgehead atoms. The Bertz CT molecular complexity index is 1670. The normalized spacial score (nSPS) is 22.5. The van der Waals surface area contributed by atoms with Crippen LogP contribution in [0.3, 0.4) is 0 Å². The lowest BCUT2D eigenvalue weighted by Gasteiger charge is -2.46. The van der Waals surface area contributed by atoms with Crippen molar-refractivity contribution in [3.8, 4) is 0 Å². The Hall–Kier alpha value is -1.53. The molecule has 94 heavy (non-hydrogen) atoms. The van der Waals surface area contributed by atoms with Gasteiger partial charge >= 0.3 is 0 Å². The highest BCUT2D eigenvalue weighted by Crippen LogP contribution is 2.30. The van der Waals surface area contributed by atoms with Crippen molar-refractivity contribution in [3.63, 3.8) is 0 Å². The predicted octanol–water partition coefficient (Wildman–Crippen LogP) is 18.3. The van der Waals surface area contributed by atoms with Crippen molar-refractivity contribution in [3.05, 3.63) is 24.3 Å². The third-order valence-electron chi connectivity index (χ3n) is 20.2. The van der Waals surface area contributed by atoms with E-state index in [1.54, 1.807) is 0 Å². The van der Waals surface area contributed by atoms with E-state index in [1.165, 1.54) is 302 Å². The van der Waals surface area contributed by atoms with Gasteiger partial charge in [0.15, 0.2) is 12.6 Å². The van der Waals surface area contributed by atoms with Gasteiger partial charge in [0.1, 0.15) is 48.8 Å². The topological polar surface area (TPSA) is 228 Å². The van der Waals surface area contributed by atoms with Gasteiger partial charge in [-0.1, -0.05) is 359 Å². The second kappa shape index (κ2) is 64.8. The highest BCUT2D eigenvalue weighted by atomic mass is 16.7. The lowest BCUT2D eigenvalue weighted by atomic mass is 9.97. The molecule has 0 saturated carbocycles. The smallest absolute Gasteiger partial charge is 0.220 e. The number of carbonyl (C=O) groups is 1. The zero-order valence-electron chi connectivity index (χ0n) is 61.0. The van der Waals surface area contributed by atoms with Crippen LogP contribution in [-0.2, 0) is 23.7 Å². The van der Waals surface area contributed by atoms with Gasteiger partial charge in [-0.05, 0) is 44.9 Å². The summed E-state index contributed by atoms with van der Waals surface area (Å²) in [4.78, 5) is 13.4. The van der Waals surface area contributed by atoms with Gasteiger partial charge in [0.25, 0.3) is 0 Å². The van der Waals surface area contributed by atoms with Crippen molar-refractivity contribution in [2.45, 2.75) is 460 Å². The molecule has 1 amide bonds. The minimum Gasteiger partial charge on any atom is -0.394 e. The molecule has 556 valence electrons. The zero-order valence-corrected chi connectivity index (χ0v) is 61.0. The summed E-state index contributed by atoms with van der Waals surface area (Å²) in [7, 11) is 0. The molecule has 2 rings (SSSR count). The largest absolute Gasteiger partial charge is 0.394 e. The van der Waals surface area contributed by atoms with E-state index in [9.17, 15) is 45.6 Å². The molecule has 12 atom stereocenters. The van der Waals surface area contributed by atoms with Gasteiger partial charge in [0, 0.05) is 6.42 Å². The molecule has 0 aromatic carbocycles. The molecule has 12 unspecified atom stereocenters. The van der Waals surface area contributed by atoms with Gasteiger partial charge in [-0.2, -0.15) is 0 Å². The first-order chi connectivity index (χ1) is 46.1. The number of rotatable bonds is 69. The molecule has 14 heteroatoms. The highest BCUT2D eigenvalue weighted by Gasteiger charge is 2.51. The number of nitrogens with one attached hydrogen (secondary N) is 1.